The standard InChI is InChI=1S/C18H18N8O2.C14H10N6O2/c1-26(2)15(27)8-21-18(28)13-4-12-16(24-13)22-9-23-17(12)25-14-3-10-5-19-6-11(10)7-20-14;21-14(22)10-2-9-12(19-10)17-6-18-13(9)20-11-1-7-3-15-4-8(7)5-16-11/h3-5,7,9H,6,8H2,1-2H3,(H,21,28)(H2,20,22,23,24,25);1-3,5-6H,4H2,(H,21,22)(H2,16,17,18,19,20). The molecule has 0 spiro atoms. The van der Waals surface area contributed by atoms with Crippen LogP contribution in [0.5, 0.6) is 0 Å². The largest absolute Gasteiger partial charge is 0.477 e. The molecule has 0 saturated carbocycles. The molecule has 0 bridgehead atoms. The Balaban J connectivity index is 0.000000161. The summed E-state index contributed by atoms with van der Waals surface area (Å²) in [6, 6.07) is 6.91. The molecule has 250 valence electrons. The minimum absolute atomic E-state index is 0.0626. The Morgan fingerprint density at radius 2 is 1.26 bits per heavy atom. The van der Waals surface area contributed by atoms with Crippen LogP contribution in [0.2, 0.25) is 0 Å². The maximum Gasteiger partial charge on any atom is 0.352 e. The summed E-state index contributed by atoms with van der Waals surface area (Å²) in [5.74, 6) is 0.615. The van der Waals surface area contributed by atoms with Crippen molar-refractivity contribution in [2.45, 2.75) is 13.1 Å². The zero-order valence-corrected chi connectivity index (χ0v) is 26.6. The number of aliphatic imine (C=N–C) groups is 2. The molecule has 0 fully saturated rings. The Morgan fingerprint density at radius 1 is 0.740 bits per heavy atom. The first kappa shape index (κ1) is 31.5. The molecule has 2 amide bonds. The van der Waals surface area contributed by atoms with Crippen molar-refractivity contribution in [1.82, 2.24) is 50.1 Å². The van der Waals surface area contributed by atoms with Crippen LogP contribution in [-0.2, 0) is 17.9 Å². The zero-order chi connectivity index (χ0) is 34.8. The number of nitrogens with zero attached hydrogens (tertiary/aromatic N) is 9. The van der Waals surface area contributed by atoms with Gasteiger partial charge in [0.2, 0.25) is 5.91 Å². The first-order chi connectivity index (χ1) is 24.2. The number of carbonyl (C=O) groups excluding carboxylic acids is 2. The van der Waals surface area contributed by atoms with E-state index in [0.29, 0.717) is 64.1 Å². The predicted molar refractivity (Wildman–Crippen MR) is 183 cm³/mol. The molecular weight excluding hydrogens is 644 g/mol. The van der Waals surface area contributed by atoms with Gasteiger partial charge >= 0.3 is 5.97 Å². The van der Waals surface area contributed by atoms with E-state index in [9.17, 15) is 14.4 Å². The third-order valence-corrected chi connectivity index (χ3v) is 7.75. The topological polar surface area (TPSA) is 244 Å². The lowest BCUT2D eigenvalue weighted by atomic mass is 10.2. The lowest BCUT2D eigenvalue weighted by molar-refractivity contribution is -0.127. The summed E-state index contributed by atoms with van der Waals surface area (Å²) < 4.78 is 0. The van der Waals surface area contributed by atoms with Crippen molar-refractivity contribution in [2.75, 3.05) is 31.3 Å². The molecule has 50 heavy (non-hydrogen) atoms. The average Bonchev–Trinajstić information content (AvgIpc) is 3.93. The van der Waals surface area contributed by atoms with Gasteiger partial charge in [-0.2, -0.15) is 0 Å². The highest BCUT2D eigenvalue weighted by Gasteiger charge is 2.17. The number of pyridine rings is 2. The van der Waals surface area contributed by atoms with Crippen molar-refractivity contribution < 1.29 is 19.5 Å². The van der Waals surface area contributed by atoms with Crippen LogP contribution in [0.25, 0.3) is 22.1 Å². The second-order valence-electron chi connectivity index (χ2n) is 11.3. The van der Waals surface area contributed by atoms with Crippen molar-refractivity contribution in [3.8, 4) is 0 Å². The van der Waals surface area contributed by atoms with E-state index in [4.69, 9.17) is 5.11 Å². The quantitative estimate of drug-likeness (QED) is 0.137. The van der Waals surface area contributed by atoms with Gasteiger partial charge in [0.05, 0.1) is 30.4 Å². The second-order valence-corrected chi connectivity index (χ2v) is 11.3. The molecule has 6 N–H and O–H groups in total. The number of amides is 2. The molecule has 8 rings (SSSR count). The van der Waals surface area contributed by atoms with Crippen LogP contribution < -0.4 is 16.0 Å². The Labute approximate surface area is 282 Å². The number of aromatic amines is 2. The minimum atomic E-state index is -1.05. The number of carboxylic acid groups (broad SMARTS) is 1. The number of anilines is 4. The highest BCUT2D eigenvalue weighted by molar-refractivity contribution is 6.01. The third kappa shape index (κ3) is 6.52. The van der Waals surface area contributed by atoms with Crippen LogP contribution in [-0.4, -0.2) is 101 Å². The number of rotatable bonds is 8. The van der Waals surface area contributed by atoms with E-state index in [2.05, 4.69) is 65.8 Å². The number of H-pyrrole nitrogens is 2. The fraction of sp³-hybridized carbons (Fsp3) is 0.156. The first-order valence-corrected chi connectivity index (χ1v) is 15.1. The molecule has 2 aliphatic heterocycles. The number of nitrogens with one attached hydrogen (secondary N) is 5. The summed E-state index contributed by atoms with van der Waals surface area (Å²) in [5.41, 5.74) is 5.50. The van der Waals surface area contributed by atoms with Gasteiger partial charge in [-0.1, -0.05) is 0 Å². The van der Waals surface area contributed by atoms with Crippen molar-refractivity contribution in [3.63, 3.8) is 0 Å². The van der Waals surface area contributed by atoms with Crippen LogP contribution in [0.1, 0.15) is 43.2 Å². The van der Waals surface area contributed by atoms with Gasteiger partial charge in [0.1, 0.15) is 58.6 Å². The molecule has 0 radical (unpaired) electrons. The van der Waals surface area contributed by atoms with Crippen molar-refractivity contribution >= 4 is 75.6 Å². The third-order valence-electron chi connectivity index (χ3n) is 7.75. The number of hydrogen-bond donors (Lipinski definition) is 6. The number of hydrogen-bond acceptors (Lipinski definition) is 13. The summed E-state index contributed by atoms with van der Waals surface area (Å²) in [6.07, 6.45) is 9.92. The highest BCUT2D eigenvalue weighted by atomic mass is 16.4. The first-order valence-electron chi connectivity index (χ1n) is 15.1. The molecular formula is C32H28N14O4. The SMILES string of the molecule is CN(C)C(=O)CNC(=O)c1cc2c(Nc3cc4c(cn3)CN=C4)ncnc2[nH]1.O=C(O)c1cc2c(Nc3cc4c(cn3)CN=C4)ncnc2[nH]1. The Kier molecular flexibility index (Phi) is 8.30. The number of likely N-dealkylation sites (N-methyl/N-ethyl adjacent to an activating group) is 1. The Morgan fingerprint density at radius 3 is 1.78 bits per heavy atom. The van der Waals surface area contributed by atoms with Gasteiger partial charge in [-0.15, -0.1) is 0 Å². The molecule has 6 aromatic heterocycles. The van der Waals surface area contributed by atoms with E-state index < -0.39 is 11.9 Å². The normalized spacial score (nSPS) is 12.3. The summed E-state index contributed by atoms with van der Waals surface area (Å²) in [6.45, 7) is 1.21. The lowest BCUT2D eigenvalue weighted by Crippen LogP contribution is -2.36. The van der Waals surface area contributed by atoms with E-state index in [1.165, 1.54) is 23.6 Å². The summed E-state index contributed by atoms with van der Waals surface area (Å²) in [4.78, 5) is 75.8. The van der Waals surface area contributed by atoms with Crippen molar-refractivity contribution in [1.29, 1.82) is 0 Å². The molecule has 6 aromatic rings. The van der Waals surface area contributed by atoms with Crippen LogP contribution in [0.15, 0.2) is 59.3 Å². The minimum Gasteiger partial charge on any atom is -0.477 e. The number of carbonyl (C=O) groups is 3. The Bertz CT molecular complexity index is 2360. The van der Waals surface area contributed by atoms with E-state index in [1.54, 1.807) is 38.8 Å². The monoisotopic (exact) mass is 672 g/mol. The van der Waals surface area contributed by atoms with Crippen LogP contribution in [0, 0.1) is 0 Å². The van der Waals surface area contributed by atoms with E-state index in [1.807, 2.05) is 18.3 Å². The van der Waals surface area contributed by atoms with Gasteiger partial charge < -0.3 is 35.9 Å². The fourth-order valence-electron chi connectivity index (χ4n) is 5.09. The number of aromatic nitrogens is 8. The summed E-state index contributed by atoms with van der Waals surface area (Å²) in [7, 11) is 3.26. The van der Waals surface area contributed by atoms with Gasteiger partial charge in [0.25, 0.3) is 5.91 Å². The average molecular weight is 673 g/mol. The molecule has 0 aliphatic carbocycles. The van der Waals surface area contributed by atoms with Crippen LogP contribution >= 0.6 is 0 Å². The highest BCUT2D eigenvalue weighted by Crippen LogP contribution is 2.26. The molecule has 18 nitrogen and oxygen atoms in total. The van der Waals surface area contributed by atoms with E-state index in [0.717, 1.165) is 22.3 Å². The number of fused-ring (bicyclic) bond motifs is 4. The maximum atomic E-state index is 12.3. The van der Waals surface area contributed by atoms with Crippen molar-refractivity contribution in [2.24, 2.45) is 9.98 Å². The summed E-state index contributed by atoms with van der Waals surface area (Å²) in [5, 5.41) is 19.1. The smallest absolute Gasteiger partial charge is 0.352 e. The number of aromatic carboxylic acids is 1. The second kappa shape index (κ2) is 13.2. The van der Waals surface area contributed by atoms with Gasteiger partial charge in [-0.3, -0.25) is 19.6 Å². The van der Waals surface area contributed by atoms with E-state index >= 15 is 0 Å². The fourth-order valence-corrected chi connectivity index (χ4v) is 5.09. The Hall–Kier alpha value is -7.11. The zero-order valence-electron chi connectivity index (χ0n) is 26.6. The van der Waals surface area contributed by atoms with Gasteiger partial charge in [-0.25, -0.2) is 34.7 Å². The molecule has 0 atom stereocenters. The molecule has 0 saturated heterocycles. The van der Waals surface area contributed by atoms with E-state index in [-0.39, 0.29) is 18.1 Å². The predicted octanol–water partition coefficient (Wildman–Crippen LogP) is 2.57. The molecule has 8 heterocycles. The molecule has 0 aromatic carbocycles. The number of carboxylic acids is 1. The molecule has 2 aliphatic rings. The van der Waals surface area contributed by atoms with Crippen LogP contribution in [0.4, 0.5) is 23.3 Å². The van der Waals surface area contributed by atoms with Gasteiger partial charge in [0.15, 0.2) is 0 Å². The maximum absolute atomic E-state index is 12.3. The van der Waals surface area contributed by atoms with Gasteiger partial charge in [0, 0.05) is 61.2 Å². The summed E-state index contributed by atoms with van der Waals surface area (Å²) >= 11 is 0. The lowest BCUT2D eigenvalue weighted by Gasteiger charge is -2.10. The van der Waals surface area contributed by atoms with Crippen molar-refractivity contribution in [3.05, 3.63) is 83.0 Å². The van der Waals surface area contributed by atoms with Crippen LogP contribution in [0.3, 0.4) is 0 Å². The van der Waals surface area contributed by atoms with Gasteiger partial charge in [-0.05, 0) is 24.3 Å². The molecule has 18 heteroatoms. The molecule has 0 unspecified atom stereocenters.